The smallest absolute Gasteiger partial charge is 0.320 e. The Morgan fingerprint density at radius 1 is 1.57 bits per heavy atom. The number of aromatic nitrogens is 3. The first-order chi connectivity index (χ1) is 9.88. The summed E-state index contributed by atoms with van der Waals surface area (Å²) in [6, 6.07) is 3.61. The van der Waals surface area contributed by atoms with Crippen LogP contribution < -0.4 is 5.73 Å². The standard InChI is InChI=1S/C12H13N5O4/c1-7-2-3-10(11(4-7)17(20)21)16-6-8(14-15-16)5-9(13)12(18)19/h2-4,6,9H,5,13H2,1H3,(H,18,19). The van der Waals surface area contributed by atoms with E-state index in [0.29, 0.717) is 5.69 Å². The van der Waals surface area contributed by atoms with Crippen molar-refractivity contribution in [3.8, 4) is 5.69 Å². The molecular formula is C12H13N5O4. The van der Waals surface area contributed by atoms with Crippen molar-refractivity contribution in [2.24, 2.45) is 5.73 Å². The number of benzene rings is 1. The maximum absolute atomic E-state index is 11.1. The second kappa shape index (κ2) is 5.67. The second-order valence-corrected chi connectivity index (χ2v) is 4.55. The van der Waals surface area contributed by atoms with E-state index in [0.717, 1.165) is 5.56 Å². The Morgan fingerprint density at radius 2 is 2.29 bits per heavy atom. The van der Waals surface area contributed by atoms with Gasteiger partial charge < -0.3 is 10.8 Å². The summed E-state index contributed by atoms with van der Waals surface area (Å²) in [5, 5.41) is 27.4. The number of nitrogens with zero attached hydrogens (tertiary/aromatic N) is 4. The van der Waals surface area contributed by atoms with Gasteiger partial charge in [-0.05, 0) is 18.6 Å². The van der Waals surface area contributed by atoms with E-state index in [1.54, 1.807) is 19.1 Å². The van der Waals surface area contributed by atoms with Gasteiger partial charge in [-0.1, -0.05) is 11.3 Å². The summed E-state index contributed by atoms with van der Waals surface area (Å²) >= 11 is 0. The van der Waals surface area contributed by atoms with Crippen molar-refractivity contribution >= 4 is 11.7 Å². The average Bonchev–Trinajstić information content (AvgIpc) is 2.86. The summed E-state index contributed by atoms with van der Waals surface area (Å²) in [4.78, 5) is 21.3. The molecular weight excluding hydrogens is 278 g/mol. The summed E-state index contributed by atoms with van der Waals surface area (Å²) in [6.07, 6.45) is 1.43. The molecule has 0 aliphatic rings. The van der Waals surface area contributed by atoms with E-state index in [4.69, 9.17) is 10.8 Å². The first-order valence-corrected chi connectivity index (χ1v) is 6.03. The Kier molecular flexibility index (Phi) is 3.94. The van der Waals surface area contributed by atoms with Crippen LogP contribution >= 0.6 is 0 Å². The molecule has 1 atom stereocenters. The second-order valence-electron chi connectivity index (χ2n) is 4.55. The number of carboxylic acid groups (broad SMARTS) is 1. The predicted molar refractivity (Wildman–Crippen MR) is 72.1 cm³/mol. The zero-order valence-corrected chi connectivity index (χ0v) is 11.1. The molecule has 2 rings (SSSR count). The van der Waals surface area contributed by atoms with E-state index in [9.17, 15) is 14.9 Å². The van der Waals surface area contributed by atoms with Gasteiger partial charge in [0, 0.05) is 12.5 Å². The van der Waals surface area contributed by atoms with Crippen LogP contribution in [-0.2, 0) is 11.2 Å². The number of hydrogen-bond acceptors (Lipinski definition) is 6. The lowest BCUT2D eigenvalue weighted by molar-refractivity contribution is -0.384. The molecule has 0 saturated heterocycles. The van der Waals surface area contributed by atoms with Gasteiger partial charge in [0.2, 0.25) is 0 Å². The van der Waals surface area contributed by atoms with Crippen LogP contribution in [0.25, 0.3) is 5.69 Å². The van der Waals surface area contributed by atoms with Crippen LogP contribution in [0.1, 0.15) is 11.3 Å². The Labute approximate surface area is 119 Å². The van der Waals surface area contributed by atoms with E-state index in [1.807, 2.05) is 0 Å². The number of nitro benzene ring substituents is 1. The highest BCUT2D eigenvalue weighted by atomic mass is 16.6. The van der Waals surface area contributed by atoms with Crippen molar-refractivity contribution < 1.29 is 14.8 Å². The monoisotopic (exact) mass is 291 g/mol. The third-order valence-electron chi connectivity index (χ3n) is 2.86. The molecule has 110 valence electrons. The normalized spacial score (nSPS) is 12.1. The number of carbonyl (C=O) groups is 1. The Hall–Kier alpha value is -2.81. The molecule has 1 heterocycles. The fourth-order valence-electron chi connectivity index (χ4n) is 1.80. The van der Waals surface area contributed by atoms with E-state index < -0.39 is 16.9 Å². The summed E-state index contributed by atoms with van der Waals surface area (Å²) in [5.74, 6) is -1.15. The minimum absolute atomic E-state index is 0.00497. The maximum atomic E-state index is 11.1. The Morgan fingerprint density at radius 3 is 2.90 bits per heavy atom. The largest absolute Gasteiger partial charge is 0.480 e. The third-order valence-corrected chi connectivity index (χ3v) is 2.86. The van der Waals surface area contributed by atoms with Crippen molar-refractivity contribution in [2.45, 2.75) is 19.4 Å². The van der Waals surface area contributed by atoms with Crippen molar-refractivity contribution in [3.63, 3.8) is 0 Å². The minimum atomic E-state index is -1.15. The summed E-state index contributed by atoms with van der Waals surface area (Å²) in [7, 11) is 0. The highest BCUT2D eigenvalue weighted by Crippen LogP contribution is 2.23. The van der Waals surface area contributed by atoms with Crippen molar-refractivity contribution in [1.82, 2.24) is 15.0 Å². The fourth-order valence-corrected chi connectivity index (χ4v) is 1.80. The third kappa shape index (κ3) is 3.20. The Balaban J connectivity index is 2.34. The van der Waals surface area contributed by atoms with Gasteiger partial charge >= 0.3 is 5.97 Å². The zero-order valence-electron chi connectivity index (χ0n) is 11.1. The van der Waals surface area contributed by atoms with Gasteiger partial charge in [-0.2, -0.15) is 0 Å². The molecule has 0 aliphatic heterocycles. The van der Waals surface area contributed by atoms with Crippen molar-refractivity contribution in [3.05, 3.63) is 45.8 Å². The number of aryl methyl sites for hydroxylation is 1. The van der Waals surface area contributed by atoms with Crippen LogP contribution in [0.2, 0.25) is 0 Å². The molecule has 1 aromatic heterocycles. The molecule has 0 radical (unpaired) electrons. The van der Waals surface area contributed by atoms with Crippen LogP contribution in [-0.4, -0.2) is 37.0 Å². The highest BCUT2D eigenvalue weighted by molar-refractivity contribution is 5.73. The molecule has 0 spiro atoms. The topological polar surface area (TPSA) is 137 Å². The van der Waals surface area contributed by atoms with E-state index in [2.05, 4.69) is 10.3 Å². The van der Waals surface area contributed by atoms with E-state index in [-0.39, 0.29) is 17.8 Å². The molecule has 0 bridgehead atoms. The van der Waals surface area contributed by atoms with Gasteiger partial charge in [0.05, 0.1) is 16.8 Å². The molecule has 9 nitrogen and oxygen atoms in total. The van der Waals surface area contributed by atoms with E-state index >= 15 is 0 Å². The molecule has 0 fully saturated rings. The van der Waals surface area contributed by atoms with Crippen LogP contribution in [0.3, 0.4) is 0 Å². The minimum Gasteiger partial charge on any atom is -0.480 e. The van der Waals surface area contributed by atoms with Gasteiger partial charge in [-0.15, -0.1) is 5.10 Å². The van der Waals surface area contributed by atoms with Gasteiger partial charge in [-0.25, -0.2) is 4.68 Å². The number of carboxylic acids is 1. The van der Waals surface area contributed by atoms with Crippen LogP contribution in [0, 0.1) is 17.0 Å². The zero-order chi connectivity index (χ0) is 15.6. The fraction of sp³-hybridized carbons (Fsp3) is 0.250. The van der Waals surface area contributed by atoms with Crippen molar-refractivity contribution in [2.75, 3.05) is 0 Å². The van der Waals surface area contributed by atoms with Gasteiger partial charge in [0.25, 0.3) is 5.69 Å². The van der Waals surface area contributed by atoms with E-state index in [1.165, 1.54) is 16.9 Å². The Bertz CT molecular complexity index is 697. The number of nitrogens with two attached hydrogens (primary N) is 1. The first-order valence-electron chi connectivity index (χ1n) is 6.03. The lowest BCUT2D eigenvalue weighted by Gasteiger charge is -2.03. The SMILES string of the molecule is Cc1ccc(-n2cc(CC(N)C(=O)O)nn2)c([N+](=O)[O-])c1. The van der Waals surface area contributed by atoms with Crippen LogP contribution in [0.5, 0.6) is 0 Å². The molecule has 2 aromatic rings. The van der Waals surface area contributed by atoms with Gasteiger partial charge in [-0.3, -0.25) is 14.9 Å². The molecule has 0 saturated carbocycles. The number of hydrogen-bond donors (Lipinski definition) is 2. The lowest BCUT2D eigenvalue weighted by Crippen LogP contribution is -2.32. The summed E-state index contributed by atoms with van der Waals surface area (Å²) in [6.45, 7) is 1.75. The van der Waals surface area contributed by atoms with Crippen LogP contribution in [0.4, 0.5) is 5.69 Å². The molecule has 3 N–H and O–H groups in total. The number of nitro groups is 1. The molecule has 9 heteroatoms. The van der Waals surface area contributed by atoms with Gasteiger partial charge in [0.15, 0.2) is 0 Å². The maximum Gasteiger partial charge on any atom is 0.320 e. The van der Waals surface area contributed by atoms with Gasteiger partial charge in [0.1, 0.15) is 11.7 Å². The first kappa shape index (κ1) is 14.6. The molecule has 0 amide bonds. The number of aliphatic carboxylic acids is 1. The van der Waals surface area contributed by atoms with Crippen molar-refractivity contribution in [1.29, 1.82) is 0 Å². The molecule has 0 aliphatic carbocycles. The average molecular weight is 291 g/mol. The molecule has 21 heavy (non-hydrogen) atoms. The number of rotatable bonds is 5. The van der Waals surface area contributed by atoms with Crippen LogP contribution in [0.15, 0.2) is 24.4 Å². The molecule has 1 unspecified atom stereocenters. The highest BCUT2D eigenvalue weighted by Gasteiger charge is 2.19. The summed E-state index contributed by atoms with van der Waals surface area (Å²) < 4.78 is 1.24. The lowest BCUT2D eigenvalue weighted by atomic mass is 10.2. The summed E-state index contributed by atoms with van der Waals surface area (Å²) in [5.41, 5.74) is 6.66. The molecule has 1 aromatic carbocycles. The quantitative estimate of drug-likeness (QED) is 0.602. The predicted octanol–water partition coefficient (Wildman–Crippen LogP) is 0.438.